The number of hydrogen-bond acceptors (Lipinski definition) is 7. The summed E-state index contributed by atoms with van der Waals surface area (Å²) in [7, 11) is 1.83. The summed E-state index contributed by atoms with van der Waals surface area (Å²) in [6.07, 6.45) is 2.71. The number of amides is 1. The minimum Gasteiger partial charge on any atom is -0.492 e. The van der Waals surface area contributed by atoms with Crippen LogP contribution in [0.1, 0.15) is 28.9 Å². The summed E-state index contributed by atoms with van der Waals surface area (Å²) in [4.78, 5) is 20.7. The van der Waals surface area contributed by atoms with Crippen LogP contribution in [0.4, 0.5) is 8.78 Å². The second-order valence-corrected chi connectivity index (χ2v) is 8.95. The number of hydrogen-bond donors (Lipinski definition) is 2. The molecular formula is C28H26F2N4O4. The Morgan fingerprint density at radius 3 is 2.68 bits per heavy atom. The van der Waals surface area contributed by atoms with Crippen molar-refractivity contribution >= 4 is 16.8 Å². The van der Waals surface area contributed by atoms with Crippen molar-refractivity contribution in [1.82, 2.24) is 15.3 Å². The number of benzene rings is 2. The minimum atomic E-state index is -1.04. The number of halogens is 2. The molecule has 1 aliphatic carbocycles. The molecule has 0 atom stereocenters. The van der Waals surface area contributed by atoms with Gasteiger partial charge >= 0.3 is 0 Å². The number of fused-ring (bicyclic) bond motifs is 1. The van der Waals surface area contributed by atoms with E-state index in [1.807, 2.05) is 7.05 Å². The highest BCUT2D eigenvalue weighted by atomic mass is 19.1. The number of nitrogens with one attached hydrogen (secondary N) is 1. The van der Waals surface area contributed by atoms with Crippen LogP contribution >= 0.6 is 0 Å². The van der Waals surface area contributed by atoms with Crippen molar-refractivity contribution in [2.24, 2.45) is 5.73 Å². The van der Waals surface area contributed by atoms with Gasteiger partial charge in [0.1, 0.15) is 18.1 Å². The molecule has 1 fully saturated rings. The van der Waals surface area contributed by atoms with Gasteiger partial charge in [-0.05, 0) is 63.2 Å². The standard InChI is InChI=1S/C28H26F2N4O4/c1-15-3-7-19(28(31)35)25(34-15)20-14-21(29)27(24(30)26(20)37-16-4-5-16)38-23-9-10-33-22-13-17(6-8-18(22)23)36-12-11-32-2/h3,6-10,13-14,16,32H,4-5,11-12H2,1-2H3,(H2,31,35). The van der Waals surface area contributed by atoms with E-state index in [4.69, 9.17) is 19.9 Å². The topological polar surface area (TPSA) is 109 Å². The Bertz CT molecular complexity index is 1520. The maximum absolute atomic E-state index is 15.9. The zero-order chi connectivity index (χ0) is 26.8. The lowest BCUT2D eigenvalue weighted by Gasteiger charge is -2.18. The monoisotopic (exact) mass is 520 g/mol. The predicted octanol–water partition coefficient (Wildman–Crippen LogP) is 4.91. The molecule has 38 heavy (non-hydrogen) atoms. The molecule has 5 rings (SSSR count). The summed E-state index contributed by atoms with van der Waals surface area (Å²) >= 11 is 0. The molecule has 0 spiro atoms. The molecule has 2 aromatic heterocycles. The van der Waals surface area contributed by atoms with E-state index < -0.39 is 23.3 Å². The number of nitrogens with two attached hydrogens (primary N) is 1. The van der Waals surface area contributed by atoms with Crippen LogP contribution < -0.4 is 25.3 Å². The Morgan fingerprint density at radius 2 is 1.95 bits per heavy atom. The van der Waals surface area contributed by atoms with Crippen LogP contribution in [0, 0.1) is 18.6 Å². The number of carbonyl (C=O) groups is 1. The number of aryl methyl sites for hydroxylation is 1. The molecule has 0 bridgehead atoms. The molecule has 3 N–H and O–H groups in total. The largest absolute Gasteiger partial charge is 0.492 e. The second-order valence-electron chi connectivity index (χ2n) is 8.95. The molecular weight excluding hydrogens is 494 g/mol. The van der Waals surface area contributed by atoms with Crippen molar-refractivity contribution in [3.63, 3.8) is 0 Å². The number of carbonyl (C=O) groups excluding carboxylic acids is 1. The lowest BCUT2D eigenvalue weighted by molar-refractivity contribution is 0.100. The third-order valence-corrected chi connectivity index (χ3v) is 6.00. The van der Waals surface area contributed by atoms with Crippen molar-refractivity contribution < 1.29 is 27.8 Å². The molecule has 2 aromatic carbocycles. The van der Waals surface area contributed by atoms with Gasteiger partial charge in [-0.15, -0.1) is 0 Å². The molecule has 1 aliphatic rings. The first-order valence-electron chi connectivity index (χ1n) is 12.2. The average molecular weight is 521 g/mol. The van der Waals surface area contributed by atoms with Crippen molar-refractivity contribution in [1.29, 1.82) is 0 Å². The van der Waals surface area contributed by atoms with Crippen LogP contribution in [0.3, 0.4) is 0 Å². The molecule has 0 aliphatic heterocycles. The van der Waals surface area contributed by atoms with E-state index in [9.17, 15) is 4.79 Å². The summed E-state index contributed by atoms with van der Waals surface area (Å²) in [5.74, 6) is -2.88. The minimum absolute atomic E-state index is 0.0142. The third kappa shape index (κ3) is 5.21. The Kier molecular flexibility index (Phi) is 7.06. The fourth-order valence-electron chi connectivity index (χ4n) is 3.94. The first kappa shape index (κ1) is 25.3. The predicted molar refractivity (Wildman–Crippen MR) is 138 cm³/mol. The molecule has 2 heterocycles. The first-order chi connectivity index (χ1) is 18.4. The number of pyridine rings is 2. The molecule has 0 saturated heterocycles. The molecule has 0 unspecified atom stereocenters. The normalized spacial score (nSPS) is 12.9. The number of aromatic nitrogens is 2. The lowest BCUT2D eigenvalue weighted by Crippen LogP contribution is -2.15. The van der Waals surface area contributed by atoms with Crippen LogP contribution in [0.5, 0.6) is 23.0 Å². The molecule has 8 nitrogen and oxygen atoms in total. The smallest absolute Gasteiger partial charge is 0.250 e. The molecule has 196 valence electrons. The van der Waals surface area contributed by atoms with Crippen LogP contribution in [-0.2, 0) is 0 Å². The van der Waals surface area contributed by atoms with Gasteiger partial charge < -0.3 is 25.3 Å². The number of rotatable bonds is 10. The fourth-order valence-corrected chi connectivity index (χ4v) is 3.94. The fraction of sp³-hybridized carbons (Fsp3) is 0.250. The van der Waals surface area contributed by atoms with Crippen LogP contribution in [0.2, 0.25) is 0 Å². The highest BCUT2D eigenvalue weighted by molar-refractivity contribution is 5.99. The van der Waals surface area contributed by atoms with Crippen molar-refractivity contribution in [2.45, 2.75) is 25.9 Å². The van der Waals surface area contributed by atoms with E-state index in [0.29, 0.717) is 35.5 Å². The van der Waals surface area contributed by atoms with Crippen LogP contribution in [-0.4, -0.2) is 42.2 Å². The highest BCUT2D eigenvalue weighted by Crippen LogP contribution is 2.44. The summed E-state index contributed by atoms with van der Waals surface area (Å²) in [6, 6.07) is 10.8. The van der Waals surface area contributed by atoms with Gasteiger partial charge in [0.2, 0.25) is 11.6 Å². The van der Waals surface area contributed by atoms with E-state index >= 15 is 8.78 Å². The molecule has 1 saturated carbocycles. The van der Waals surface area contributed by atoms with Gasteiger partial charge in [0.05, 0.1) is 22.9 Å². The van der Waals surface area contributed by atoms with Gasteiger partial charge in [-0.1, -0.05) is 0 Å². The zero-order valence-electron chi connectivity index (χ0n) is 20.9. The maximum atomic E-state index is 15.9. The van der Waals surface area contributed by atoms with E-state index in [0.717, 1.165) is 18.9 Å². The van der Waals surface area contributed by atoms with E-state index in [-0.39, 0.29) is 34.4 Å². The Hall–Kier alpha value is -4.31. The zero-order valence-corrected chi connectivity index (χ0v) is 20.9. The van der Waals surface area contributed by atoms with Crippen molar-refractivity contribution in [2.75, 3.05) is 20.2 Å². The highest BCUT2D eigenvalue weighted by Gasteiger charge is 2.31. The van der Waals surface area contributed by atoms with E-state index in [1.165, 1.54) is 18.3 Å². The van der Waals surface area contributed by atoms with Crippen molar-refractivity contribution in [3.05, 3.63) is 71.6 Å². The SMILES string of the molecule is CNCCOc1ccc2c(Oc3c(F)cc(-c4nc(C)ccc4C(N)=O)c(OC4CC4)c3F)ccnc2c1. The average Bonchev–Trinajstić information content (AvgIpc) is 3.72. The third-order valence-electron chi connectivity index (χ3n) is 6.00. The van der Waals surface area contributed by atoms with Gasteiger partial charge in [-0.25, -0.2) is 4.39 Å². The Balaban J connectivity index is 1.57. The van der Waals surface area contributed by atoms with Crippen molar-refractivity contribution in [3.8, 4) is 34.3 Å². The summed E-state index contributed by atoms with van der Waals surface area (Å²) in [5.41, 5.74) is 6.65. The molecule has 1 amide bonds. The lowest BCUT2D eigenvalue weighted by atomic mass is 10.0. The molecule has 0 radical (unpaired) electrons. The Labute approximate surface area is 217 Å². The van der Waals surface area contributed by atoms with E-state index in [1.54, 1.807) is 31.2 Å². The summed E-state index contributed by atoms with van der Waals surface area (Å²) in [6.45, 7) is 2.84. The van der Waals surface area contributed by atoms with E-state index in [2.05, 4.69) is 15.3 Å². The summed E-state index contributed by atoms with van der Waals surface area (Å²) < 4.78 is 48.8. The van der Waals surface area contributed by atoms with Gasteiger partial charge in [-0.2, -0.15) is 4.39 Å². The summed E-state index contributed by atoms with van der Waals surface area (Å²) in [5, 5.41) is 3.54. The van der Waals surface area contributed by atoms with Crippen LogP contribution in [0.25, 0.3) is 22.2 Å². The quantitative estimate of drug-likeness (QED) is 0.286. The maximum Gasteiger partial charge on any atom is 0.250 e. The van der Waals surface area contributed by atoms with Crippen LogP contribution in [0.15, 0.2) is 48.7 Å². The first-order valence-corrected chi connectivity index (χ1v) is 12.2. The molecule has 4 aromatic rings. The number of nitrogens with zero attached hydrogens (tertiary/aromatic N) is 2. The number of ether oxygens (including phenoxy) is 3. The number of likely N-dealkylation sites (N-methyl/N-ethyl adjacent to an activating group) is 1. The number of primary amides is 1. The van der Waals surface area contributed by atoms with Gasteiger partial charge in [-0.3, -0.25) is 14.8 Å². The second kappa shape index (κ2) is 10.6. The van der Waals surface area contributed by atoms with Gasteiger partial charge in [0, 0.05) is 35.5 Å². The molecule has 10 heteroatoms. The van der Waals surface area contributed by atoms with Gasteiger partial charge in [0.15, 0.2) is 11.6 Å². The Morgan fingerprint density at radius 1 is 1.13 bits per heavy atom. The van der Waals surface area contributed by atoms with Gasteiger partial charge in [0.25, 0.3) is 5.91 Å².